The molecule has 0 aliphatic carbocycles. The number of amides is 2. The fraction of sp³-hybridized carbons (Fsp3) is 0.176. The molecule has 2 aromatic rings. The zero-order valence-corrected chi connectivity index (χ0v) is 12.1. The van der Waals surface area contributed by atoms with Crippen molar-refractivity contribution in [3.63, 3.8) is 0 Å². The van der Waals surface area contributed by atoms with Crippen LogP contribution in [0.15, 0.2) is 48.5 Å². The Bertz CT molecular complexity index is 725. The minimum Gasteiger partial charge on any atom is -0.508 e. The Balaban J connectivity index is 1.81. The molecule has 22 heavy (non-hydrogen) atoms. The molecule has 1 fully saturated rings. The van der Waals surface area contributed by atoms with E-state index in [2.05, 4.69) is 5.32 Å². The highest BCUT2D eigenvalue weighted by Gasteiger charge is 2.39. The van der Waals surface area contributed by atoms with E-state index in [0.29, 0.717) is 5.69 Å². The summed E-state index contributed by atoms with van der Waals surface area (Å²) in [6.07, 6.45) is 0.119. The molecule has 1 heterocycles. The van der Waals surface area contributed by atoms with Crippen molar-refractivity contribution < 1.29 is 14.7 Å². The number of benzene rings is 2. The van der Waals surface area contributed by atoms with Gasteiger partial charge in [0.25, 0.3) is 5.91 Å². The van der Waals surface area contributed by atoms with Crippen LogP contribution in [0.1, 0.15) is 12.0 Å². The van der Waals surface area contributed by atoms with E-state index in [0.717, 1.165) is 16.2 Å². The maximum absolute atomic E-state index is 12.5. The third-order valence-corrected chi connectivity index (χ3v) is 3.61. The molecule has 0 radical (unpaired) electrons. The van der Waals surface area contributed by atoms with Gasteiger partial charge in [-0.15, -0.1) is 0 Å². The van der Waals surface area contributed by atoms with E-state index < -0.39 is 6.04 Å². The van der Waals surface area contributed by atoms with Gasteiger partial charge in [-0.1, -0.05) is 12.1 Å². The van der Waals surface area contributed by atoms with Crippen molar-refractivity contribution in [2.75, 3.05) is 10.2 Å². The monoisotopic (exact) mass is 296 g/mol. The van der Waals surface area contributed by atoms with Gasteiger partial charge in [0.1, 0.15) is 11.8 Å². The first-order chi connectivity index (χ1) is 10.5. The Morgan fingerprint density at radius 3 is 2.55 bits per heavy atom. The second kappa shape index (κ2) is 5.52. The first-order valence-corrected chi connectivity index (χ1v) is 7.03. The number of phenols is 1. The van der Waals surface area contributed by atoms with Gasteiger partial charge in [0.2, 0.25) is 5.91 Å². The standard InChI is InChI=1S/C17H16N2O3/c1-11-3-2-4-12(9-11)18-15-10-16(21)19(17(15)22)13-5-7-14(20)8-6-13/h2-9,15,18,20H,10H2,1H3. The quantitative estimate of drug-likeness (QED) is 0.854. The number of rotatable bonds is 3. The molecule has 1 atom stereocenters. The van der Waals surface area contributed by atoms with Crippen LogP contribution in [0, 0.1) is 6.92 Å². The number of anilines is 2. The lowest BCUT2D eigenvalue weighted by Crippen LogP contribution is -2.34. The highest BCUT2D eigenvalue weighted by Crippen LogP contribution is 2.26. The van der Waals surface area contributed by atoms with E-state index in [1.807, 2.05) is 31.2 Å². The number of aromatic hydroxyl groups is 1. The summed E-state index contributed by atoms with van der Waals surface area (Å²) in [6, 6.07) is 13.1. The molecule has 2 amide bonds. The summed E-state index contributed by atoms with van der Waals surface area (Å²) in [6.45, 7) is 1.97. The molecular weight excluding hydrogens is 280 g/mol. The van der Waals surface area contributed by atoms with Gasteiger partial charge in [-0.2, -0.15) is 0 Å². The van der Waals surface area contributed by atoms with Crippen LogP contribution in [-0.4, -0.2) is 23.0 Å². The van der Waals surface area contributed by atoms with Crippen LogP contribution in [0.4, 0.5) is 11.4 Å². The molecule has 5 nitrogen and oxygen atoms in total. The first kappa shape index (κ1) is 14.1. The molecular formula is C17H16N2O3. The molecule has 1 saturated heterocycles. The minimum absolute atomic E-state index is 0.0947. The predicted octanol–water partition coefficient (Wildman–Crippen LogP) is 2.44. The molecule has 0 spiro atoms. The average molecular weight is 296 g/mol. The largest absolute Gasteiger partial charge is 0.508 e. The summed E-state index contributed by atoms with van der Waals surface area (Å²) in [5, 5.41) is 12.4. The van der Waals surface area contributed by atoms with Crippen molar-refractivity contribution in [2.24, 2.45) is 0 Å². The molecule has 1 aliphatic rings. The second-order valence-electron chi connectivity index (χ2n) is 5.35. The van der Waals surface area contributed by atoms with Gasteiger partial charge in [0.05, 0.1) is 12.1 Å². The Morgan fingerprint density at radius 2 is 1.86 bits per heavy atom. The van der Waals surface area contributed by atoms with Crippen molar-refractivity contribution in [2.45, 2.75) is 19.4 Å². The summed E-state index contributed by atoms with van der Waals surface area (Å²) >= 11 is 0. The lowest BCUT2D eigenvalue weighted by molar-refractivity contribution is -0.121. The lowest BCUT2D eigenvalue weighted by atomic mass is 10.2. The number of carbonyl (C=O) groups is 2. The molecule has 2 N–H and O–H groups in total. The fourth-order valence-corrected chi connectivity index (χ4v) is 2.55. The smallest absolute Gasteiger partial charge is 0.256 e. The van der Waals surface area contributed by atoms with Gasteiger partial charge >= 0.3 is 0 Å². The predicted molar refractivity (Wildman–Crippen MR) is 83.8 cm³/mol. The Morgan fingerprint density at radius 1 is 1.14 bits per heavy atom. The highest BCUT2D eigenvalue weighted by molar-refractivity contribution is 6.23. The van der Waals surface area contributed by atoms with E-state index in [9.17, 15) is 14.7 Å². The summed E-state index contributed by atoms with van der Waals surface area (Å²) < 4.78 is 0. The SMILES string of the molecule is Cc1cccc(NC2CC(=O)N(c3ccc(O)cc3)C2=O)c1. The molecule has 112 valence electrons. The number of nitrogens with one attached hydrogen (secondary N) is 1. The number of hydrogen-bond acceptors (Lipinski definition) is 4. The molecule has 0 saturated carbocycles. The summed E-state index contributed by atoms with van der Waals surface area (Å²) in [7, 11) is 0. The number of hydrogen-bond donors (Lipinski definition) is 2. The Kier molecular flexibility index (Phi) is 3.55. The van der Waals surface area contributed by atoms with Crippen LogP contribution in [0.2, 0.25) is 0 Å². The first-order valence-electron chi connectivity index (χ1n) is 7.03. The van der Waals surface area contributed by atoms with E-state index in [4.69, 9.17) is 0 Å². The number of imide groups is 1. The second-order valence-corrected chi connectivity index (χ2v) is 5.35. The topological polar surface area (TPSA) is 69.6 Å². The average Bonchev–Trinajstić information content (AvgIpc) is 2.75. The maximum atomic E-state index is 12.5. The number of nitrogens with zero attached hydrogens (tertiary/aromatic N) is 1. The van der Waals surface area contributed by atoms with Crippen LogP contribution in [0.25, 0.3) is 0 Å². The van der Waals surface area contributed by atoms with Crippen molar-refractivity contribution in [3.8, 4) is 5.75 Å². The Hall–Kier alpha value is -2.82. The van der Waals surface area contributed by atoms with Crippen molar-refractivity contribution in [3.05, 3.63) is 54.1 Å². The van der Waals surface area contributed by atoms with Crippen LogP contribution in [0.3, 0.4) is 0 Å². The normalized spacial score (nSPS) is 17.9. The van der Waals surface area contributed by atoms with Gasteiger partial charge in [-0.05, 0) is 48.9 Å². The number of carbonyl (C=O) groups excluding carboxylic acids is 2. The highest BCUT2D eigenvalue weighted by atomic mass is 16.3. The van der Waals surface area contributed by atoms with Crippen molar-refractivity contribution in [1.82, 2.24) is 0 Å². The molecule has 1 unspecified atom stereocenters. The molecule has 2 aromatic carbocycles. The van der Waals surface area contributed by atoms with Gasteiger partial charge in [0, 0.05) is 5.69 Å². The van der Waals surface area contributed by atoms with Gasteiger partial charge in [-0.25, -0.2) is 4.90 Å². The lowest BCUT2D eigenvalue weighted by Gasteiger charge is -2.16. The molecule has 0 aromatic heterocycles. The van der Waals surface area contributed by atoms with Crippen LogP contribution >= 0.6 is 0 Å². The minimum atomic E-state index is -0.567. The molecule has 5 heteroatoms. The van der Waals surface area contributed by atoms with Gasteiger partial charge in [0.15, 0.2) is 0 Å². The third kappa shape index (κ3) is 2.65. The Labute approximate surface area is 128 Å². The van der Waals surface area contributed by atoms with E-state index >= 15 is 0 Å². The molecule has 3 rings (SSSR count). The van der Waals surface area contributed by atoms with Gasteiger partial charge < -0.3 is 10.4 Å². The molecule has 1 aliphatic heterocycles. The van der Waals surface area contributed by atoms with E-state index in [1.165, 1.54) is 12.1 Å². The summed E-state index contributed by atoms with van der Waals surface area (Å²) in [5.74, 6) is -0.435. The van der Waals surface area contributed by atoms with Crippen LogP contribution in [-0.2, 0) is 9.59 Å². The maximum Gasteiger partial charge on any atom is 0.256 e. The molecule has 0 bridgehead atoms. The summed E-state index contributed by atoms with van der Waals surface area (Å²) in [5.41, 5.74) is 2.37. The fourth-order valence-electron chi connectivity index (χ4n) is 2.55. The summed E-state index contributed by atoms with van der Waals surface area (Å²) in [4.78, 5) is 25.8. The zero-order chi connectivity index (χ0) is 15.7. The third-order valence-electron chi connectivity index (χ3n) is 3.61. The van der Waals surface area contributed by atoms with Crippen LogP contribution in [0.5, 0.6) is 5.75 Å². The van der Waals surface area contributed by atoms with E-state index in [-0.39, 0.29) is 24.0 Å². The van der Waals surface area contributed by atoms with Crippen molar-refractivity contribution in [1.29, 1.82) is 0 Å². The zero-order valence-electron chi connectivity index (χ0n) is 12.1. The van der Waals surface area contributed by atoms with Gasteiger partial charge in [-0.3, -0.25) is 9.59 Å². The van der Waals surface area contributed by atoms with Crippen molar-refractivity contribution >= 4 is 23.2 Å². The van der Waals surface area contributed by atoms with E-state index in [1.54, 1.807) is 12.1 Å². The number of aryl methyl sites for hydroxylation is 1. The number of phenolic OH excluding ortho intramolecular Hbond substituents is 1. The van der Waals surface area contributed by atoms with Crippen LogP contribution < -0.4 is 10.2 Å².